The van der Waals surface area contributed by atoms with Crippen molar-refractivity contribution in [1.29, 1.82) is 0 Å². The highest BCUT2D eigenvalue weighted by Crippen LogP contribution is 2.18. The number of hydrogen-bond acceptors (Lipinski definition) is 3. The Morgan fingerprint density at radius 3 is 2.65 bits per heavy atom. The van der Waals surface area contributed by atoms with Crippen molar-refractivity contribution in [1.82, 2.24) is 10.2 Å². The summed E-state index contributed by atoms with van der Waals surface area (Å²) in [5.74, 6) is 0.0979. The highest BCUT2D eigenvalue weighted by atomic mass is 35.5. The molecular weight excluding hydrogens is 310 g/mol. The lowest BCUT2D eigenvalue weighted by Crippen LogP contribution is -2.46. The van der Waals surface area contributed by atoms with Crippen LogP contribution in [0.3, 0.4) is 0 Å². The SMILES string of the molecule is CCCN(CC(=O)Nc1cccc(C)c1C)C1CCNCC1.Cl. The molecule has 0 aliphatic carbocycles. The summed E-state index contributed by atoms with van der Waals surface area (Å²) < 4.78 is 0. The zero-order chi connectivity index (χ0) is 15.9. The molecule has 0 atom stereocenters. The molecule has 130 valence electrons. The first-order chi connectivity index (χ1) is 10.6. The van der Waals surface area contributed by atoms with Gasteiger partial charge in [0.1, 0.15) is 0 Å². The third-order valence-corrected chi connectivity index (χ3v) is 4.56. The van der Waals surface area contributed by atoms with Crippen LogP contribution in [-0.4, -0.2) is 43.0 Å². The monoisotopic (exact) mass is 339 g/mol. The molecule has 0 saturated carbocycles. The third kappa shape index (κ3) is 5.79. The van der Waals surface area contributed by atoms with Crippen LogP contribution in [0.4, 0.5) is 5.69 Å². The van der Waals surface area contributed by atoms with E-state index in [4.69, 9.17) is 0 Å². The molecule has 1 aromatic carbocycles. The van der Waals surface area contributed by atoms with Gasteiger partial charge in [0, 0.05) is 11.7 Å². The average molecular weight is 340 g/mol. The van der Waals surface area contributed by atoms with Gasteiger partial charge >= 0.3 is 0 Å². The van der Waals surface area contributed by atoms with Crippen LogP contribution in [0.1, 0.15) is 37.3 Å². The highest BCUT2D eigenvalue weighted by Gasteiger charge is 2.22. The van der Waals surface area contributed by atoms with Crippen molar-refractivity contribution < 1.29 is 4.79 Å². The summed E-state index contributed by atoms with van der Waals surface area (Å²) in [6.07, 6.45) is 3.36. The first kappa shape index (κ1) is 19.9. The van der Waals surface area contributed by atoms with E-state index in [2.05, 4.69) is 42.4 Å². The molecule has 1 saturated heterocycles. The predicted octanol–water partition coefficient (Wildman–Crippen LogP) is 3.13. The number of benzene rings is 1. The van der Waals surface area contributed by atoms with Crippen LogP contribution in [0.2, 0.25) is 0 Å². The topological polar surface area (TPSA) is 44.4 Å². The number of nitrogens with one attached hydrogen (secondary N) is 2. The van der Waals surface area contributed by atoms with Crippen molar-refractivity contribution in [3.63, 3.8) is 0 Å². The zero-order valence-electron chi connectivity index (χ0n) is 14.5. The first-order valence-corrected chi connectivity index (χ1v) is 8.42. The van der Waals surface area contributed by atoms with Crippen molar-refractivity contribution in [2.75, 3.05) is 31.5 Å². The van der Waals surface area contributed by atoms with Crippen LogP contribution in [0.15, 0.2) is 18.2 Å². The van der Waals surface area contributed by atoms with Gasteiger partial charge in [0.05, 0.1) is 6.54 Å². The summed E-state index contributed by atoms with van der Waals surface area (Å²) >= 11 is 0. The molecule has 2 rings (SSSR count). The summed E-state index contributed by atoms with van der Waals surface area (Å²) in [7, 11) is 0. The molecule has 1 aliphatic rings. The second kappa shape index (κ2) is 9.91. The van der Waals surface area contributed by atoms with Gasteiger partial charge in [-0.1, -0.05) is 19.1 Å². The minimum atomic E-state index is 0. The van der Waals surface area contributed by atoms with Crippen molar-refractivity contribution in [2.24, 2.45) is 0 Å². The maximum Gasteiger partial charge on any atom is 0.238 e. The van der Waals surface area contributed by atoms with Gasteiger partial charge < -0.3 is 10.6 Å². The normalized spacial score (nSPS) is 15.3. The fraction of sp³-hybridized carbons (Fsp3) is 0.611. The quantitative estimate of drug-likeness (QED) is 0.837. The van der Waals surface area contributed by atoms with Gasteiger partial charge in [0.15, 0.2) is 0 Å². The van der Waals surface area contributed by atoms with E-state index < -0.39 is 0 Å². The molecule has 0 aromatic heterocycles. The fourth-order valence-electron chi connectivity index (χ4n) is 3.11. The summed E-state index contributed by atoms with van der Waals surface area (Å²) in [4.78, 5) is 14.8. The van der Waals surface area contributed by atoms with Crippen LogP contribution < -0.4 is 10.6 Å². The maximum atomic E-state index is 12.4. The van der Waals surface area contributed by atoms with Crippen LogP contribution in [0.5, 0.6) is 0 Å². The molecule has 0 radical (unpaired) electrons. The number of rotatable bonds is 6. The van der Waals surface area contributed by atoms with Crippen molar-refractivity contribution in [3.05, 3.63) is 29.3 Å². The molecule has 1 aromatic rings. The van der Waals surface area contributed by atoms with E-state index in [1.807, 2.05) is 12.1 Å². The number of nitrogens with zero attached hydrogens (tertiary/aromatic N) is 1. The molecule has 1 fully saturated rings. The number of carbonyl (C=O) groups excluding carboxylic acids is 1. The van der Waals surface area contributed by atoms with Gasteiger partial charge in [-0.25, -0.2) is 0 Å². The Bertz CT molecular complexity index is 501. The van der Waals surface area contributed by atoms with E-state index >= 15 is 0 Å². The third-order valence-electron chi connectivity index (χ3n) is 4.56. The lowest BCUT2D eigenvalue weighted by atomic mass is 10.0. The Morgan fingerprint density at radius 2 is 2.00 bits per heavy atom. The van der Waals surface area contributed by atoms with Gasteiger partial charge in [0.2, 0.25) is 5.91 Å². The maximum absolute atomic E-state index is 12.4. The molecule has 4 nitrogen and oxygen atoms in total. The predicted molar refractivity (Wildman–Crippen MR) is 99.5 cm³/mol. The Hall–Kier alpha value is -1.10. The van der Waals surface area contributed by atoms with Gasteiger partial charge in [0.25, 0.3) is 0 Å². The Labute approximate surface area is 146 Å². The summed E-state index contributed by atoms with van der Waals surface area (Å²) in [5.41, 5.74) is 3.30. The molecule has 1 aliphatic heterocycles. The Kier molecular flexibility index (Phi) is 8.59. The van der Waals surface area contributed by atoms with E-state index in [9.17, 15) is 4.79 Å². The van der Waals surface area contributed by atoms with Crippen LogP contribution in [0, 0.1) is 13.8 Å². The largest absolute Gasteiger partial charge is 0.325 e. The van der Waals surface area contributed by atoms with Gasteiger partial charge in [-0.15, -0.1) is 12.4 Å². The van der Waals surface area contributed by atoms with Crippen molar-refractivity contribution >= 4 is 24.0 Å². The number of halogens is 1. The number of piperidine rings is 1. The summed E-state index contributed by atoms with van der Waals surface area (Å²) in [6.45, 7) is 9.91. The molecule has 1 heterocycles. The second-order valence-corrected chi connectivity index (χ2v) is 6.25. The highest BCUT2D eigenvalue weighted by molar-refractivity contribution is 5.93. The summed E-state index contributed by atoms with van der Waals surface area (Å²) in [5, 5.41) is 6.47. The van der Waals surface area contributed by atoms with Gasteiger partial charge in [-0.05, 0) is 69.9 Å². The molecule has 2 N–H and O–H groups in total. The molecule has 0 unspecified atom stereocenters. The molecule has 5 heteroatoms. The Morgan fingerprint density at radius 1 is 1.30 bits per heavy atom. The fourth-order valence-corrected chi connectivity index (χ4v) is 3.11. The standard InChI is InChI=1S/C18H29N3O.ClH/c1-4-12-21(16-8-10-19-11-9-16)13-18(22)20-17-7-5-6-14(2)15(17)3;/h5-7,16,19H,4,8-13H2,1-3H3,(H,20,22);1H. The molecule has 1 amide bonds. The number of amides is 1. The zero-order valence-corrected chi connectivity index (χ0v) is 15.3. The minimum absolute atomic E-state index is 0. The van der Waals surface area contributed by atoms with Gasteiger partial charge in [-0.2, -0.15) is 0 Å². The van der Waals surface area contributed by atoms with Crippen molar-refractivity contribution in [3.8, 4) is 0 Å². The van der Waals surface area contributed by atoms with Crippen LogP contribution in [0.25, 0.3) is 0 Å². The number of aryl methyl sites for hydroxylation is 1. The smallest absolute Gasteiger partial charge is 0.238 e. The molecule has 23 heavy (non-hydrogen) atoms. The summed E-state index contributed by atoms with van der Waals surface area (Å²) in [6, 6.07) is 6.58. The molecular formula is C18H30ClN3O. The lowest BCUT2D eigenvalue weighted by Gasteiger charge is -2.34. The van der Waals surface area contributed by atoms with E-state index in [-0.39, 0.29) is 18.3 Å². The first-order valence-electron chi connectivity index (χ1n) is 8.42. The number of carbonyl (C=O) groups is 1. The molecule has 0 spiro atoms. The molecule has 0 bridgehead atoms. The van der Waals surface area contributed by atoms with E-state index in [0.29, 0.717) is 12.6 Å². The average Bonchev–Trinajstić information content (AvgIpc) is 2.52. The minimum Gasteiger partial charge on any atom is -0.325 e. The van der Waals surface area contributed by atoms with Crippen molar-refractivity contribution in [2.45, 2.75) is 46.1 Å². The van der Waals surface area contributed by atoms with Crippen LogP contribution in [-0.2, 0) is 4.79 Å². The van der Waals surface area contributed by atoms with E-state index in [1.54, 1.807) is 0 Å². The number of hydrogen-bond donors (Lipinski definition) is 2. The number of anilines is 1. The Balaban J connectivity index is 0.00000264. The van der Waals surface area contributed by atoms with E-state index in [1.165, 1.54) is 5.56 Å². The van der Waals surface area contributed by atoms with E-state index in [0.717, 1.165) is 50.1 Å². The van der Waals surface area contributed by atoms with Crippen LogP contribution >= 0.6 is 12.4 Å². The lowest BCUT2D eigenvalue weighted by molar-refractivity contribution is -0.118. The van der Waals surface area contributed by atoms with Gasteiger partial charge in [-0.3, -0.25) is 9.69 Å². The second-order valence-electron chi connectivity index (χ2n) is 6.25.